The van der Waals surface area contributed by atoms with E-state index in [1.807, 2.05) is 18.2 Å². The molecule has 0 fully saturated rings. The normalized spacial score (nSPS) is 11.8. The third-order valence-corrected chi connectivity index (χ3v) is 4.39. The van der Waals surface area contributed by atoms with Crippen molar-refractivity contribution in [2.75, 3.05) is 14.2 Å². The fourth-order valence-corrected chi connectivity index (χ4v) is 2.64. The molecule has 8 heteroatoms. The van der Waals surface area contributed by atoms with Crippen molar-refractivity contribution in [1.82, 2.24) is 19.0 Å². The van der Waals surface area contributed by atoms with Gasteiger partial charge in [-0.2, -0.15) is 17.4 Å². The molecule has 0 spiro atoms. The second-order valence-corrected chi connectivity index (χ2v) is 6.33. The number of methoxy groups -OCH3 is 1. The van der Waals surface area contributed by atoms with Crippen LogP contribution in [0.25, 0.3) is 0 Å². The van der Waals surface area contributed by atoms with Crippen LogP contribution in [0.1, 0.15) is 11.4 Å². The molecule has 1 aromatic heterocycles. The van der Waals surface area contributed by atoms with Gasteiger partial charge in [-0.3, -0.25) is 0 Å². The van der Waals surface area contributed by atoms with Crippen LogP contribution in [0, 0.1) is 0 Å². The number of rotatable bonds is 7. The van der Waals surface area contributed by atoms with Crippen LogP contribution in [0.5, 0.6) is 5.75 Å². The van der Waals surface area contributed by atoms with E-state index in [-0.39, 0.29) is 13.1 Å². The van der Waals surface area contributed by atoms with Crippen molar-refractivity contribution in [1.29, 1.82) is 0 Å². The molecule has 0 unspecified atom stereocenters. The summed E-state index contributed by atoms with van der Waals surface area (Å²) < 4.78 is 33.1. The first-order valence-electron chi connectivity index (χ1n) is 6.33. The van der Waals surface area contributed by atoms with Crippen LogP contribution in [0.3, 0.4) is 0 Å². The van der Waals surface area contributed by atoms with Crippen LogP contribution in [0.2, 0.25) is 0 Å². The molecular weight excluding hydrogens is 292 g/mol. The molecule has 0 radical (unpaired) electrons. The summed E-state index contributed by atoms with van der Waals surface area (Å²) in [5, 5.41) is 0. The Kier molecular flexibility index (Phi) is 4.94. The van der Waals surface area contributed by atoms with Gasteiger partial charge in [0.2, 0.25) is 0 Å². The second-order valence-electron chi connectivity index (χ2n) is 4.47. The fourth-order valence-electron chi connectivity index (χ4n) is 1.78. The lowest BCUT2D eigenvalue weighted by Gasteiger charge is -2.17. The minimum atomic E-state index is -3.57. The molecule has 0 atom stereocenters. The van der Waals surface area contributed by atoms with Crippen LogP contribution in [-0.4, -0.2) is 36.8 Å². The maximum absolute atomic E-state index is 12.1. The molecule has 0 aliphatic carbocycles. The van der Waals surface area contributed by atoms with Gasteiger partial charge in [0.15, 0.2) is 0 Å². The van der Waals surface area contributed by atoms with Gasteiger partial charge in [-0.05, 0) is 17.7 Å². The van der Waals surface area contributed by atoms with Gasteiger partial charge in [0.1, 0.15) is 11.6 Å². The lowest BCUT2D eigenvalue weighted by Crippen LogP contribution is -2.37. The van der Waals surface area contributed by atoms with Crippen molar-refractivity contribution in [2.24, 2.45) is 0 Å². The maximum atomic E-state index is 12.1. The van der Waals surface area contributed by atoms with E-state index in [0.29, 0.717) is 11.6 Å². The van der Waals surface area contributed by atoms with Crippen molar-refractivity contribution in [3.63, 3.8) is 0 Å². The zero-order chi connectivity index (χ0) is 15.3. The van der Waals surface area contributed by atoms with Gasteiger partial charge in [-0.15, -0.1) is 0 Å². The molecule has 1 heterocycles. The molecule has 0 bridgehead atoms. The first-order chi connectivity index (χ1) is 10.0. The lowest BCUT2D eigenvalue weighted by molar-refractivity contribution is 0.412. The fraction of sp³-hybridized carbons (Fsp3) is 0.308. The number of benzene rings is 1. The third kappa shape index (κ3) is 4.28. The highest BCUT2D eigenvalue weighted by molar-refractivity contribution is 7.87. The quantitative estimate of drug-likeness (QED) is 0.795. The average molecular weight is 310 g/mol. The molecule has 2 aromatic rings. The predicted octanol–water partition coefficient (Wildman–Crippen LogP) is 0.885. The van der Waals surface area contributed by atoms with Crippen LogP contribution in [0.4, 0.5) is 0 Å². The van der Waals surface area contributed by atoms with Crippen molar-refractivity contribution in [3.05, 3.63) is 48.0 Å². The van der Waals surface area contributed by atoms with Gasteiger partial charge in [0.05, 0.1) is 13.7 Å². The van der Waals surface area contributed by atoms with E-state index in [1.165, 1.54) is 11.4 Å². The Morgan fingerprint density at radius 1 is 1.43 bits per heavy atom. The summed E-state index contributed by atoms with van der Waals surface area (Å²) in [6.45, 7) is 0.377. The number of aromatic amines is 1. The van der Waals surface area contributed by atoms with Gasteiger partial charge in [-0.25, -0.2) is 4.98 Å². The smallest absolute Gasteiger partial charge is 0.279 e. The molecule has 114 valence electrons. The zero-order valence-corrected chi connectivity index (χ0v) is 12.7. The van der Waals surface area contributed by atoms with E-state index in [4.69, 9.17) is 4.74 Å². The molecule has 0 saturated carbocycles. The summed E-state index contributed by atoms with van der Waals surface area (Å²) in [6.07, 6.45) is 3.22. The summed E-state index contributed by atoms with van der Waals surface area (Å²) in [5.41, 5.74) is 0.847. The first-order valence-corrected chi connectivity index (χ1v) is 7.77. The minimum Gasteiger partial charge on any atom is -0.497 e. The van der Waals surface area contributed by atoms with E-state index in [1.54, 1.807) is 25.6 Å². The topological polar surface area (TPSA) is 87.3 Å². The number of nitrogens with zero attached hydrogens (tertiary/aromatic N) is 2. The first kappa shape index (κ1) is 15.5. The van der Waals surface area contributed by atoms with Crippen molar-refractivity contribution >= 4 is 10.2 Å². The second kappa shape index (κ2) is 6.70. The predicted molar refractivity (Wildman–Crippen MR) is 78.8 cm³/mol. The Morgan fingerprint density at radius 2 is 2.24 bits per heavy atom. The van der Waals surface area contributed by atoms with Crippen LogP contribution < -0.4 is 9.46 Å². The molecule has 1 aromatic carbocycles. The van der Waals surface area contributed by atoms with E-state index in [2.05, 4.69) is 14.7 Å². The van der Waals surface area contributed by atoms with Gasteiger partial charge < -0.3 is 9.72 Å². The van der Waals surface area contributed by atoms with Gasteiger partial charge in [0.25, 0.3) is 10.2 Å². The molecule has 0 amide bonds. The highest BCUT2D eigenvalue weighted by atomic mass is 32.2. The summed E-state index contributed by atoms with van der Waals surface area (Å²) >= 11 is 0. The van der Waals surface area contributed by atoms with Crippen molar-refractivity contribution in [2.45, 2.75) is 13.1 Å². The highest BCUT2D eigenvalue weighted by Gasteiger charge is 2.18. The van der Waals surface area contributed by atoms with Crippen LogP contribution in [0.15, 0.2) is 36.7 Å². The molecule has 21 heavy (non-hydrogen) atoms. The highest BCUT2D eigenvalue weighted by Crippen LogP contribution is 2.14. The van der Waals surface area contributed by atoms with Crippen molar-refractivity contribution in [3.8, 4) is 5.75 Å². The standard InChI is InChI=1S/C13H18N4O3S/c1-17(10-11-4-3-5-12(8-11)20-2)21(18,19)16-9-13-14-6-7-15-13/h3-8,16H,9-10H2,1-2H3,(H,14,15). The summed E-state index contributed by atoms with van der Waals surface area (Å²) in [6, 6.07) is 7.29. The van der Waals surface area contributed by atoms with Gasteiger partial charge in [-0.1, -0.05) is 12.1 Å². The third-order valence-electron chi connectivity index (χ3n) is 2.93. The summed E-state index contributed by atoms with van der Waals surface area (Å²) in [7, 11) is -0.480. The Hall–Kier alpha value is -1.90. The Balaban J connectivity index is 1.98. The van der Waals surface area contributed by atoms with Crippen molar-refractivity contribution < 1.29 is 13.2 Å². The largest absolute Gasteiger partial charge is 0.497 e. The Bertz CT molecular complexity index is 670. The monoisotopic (exact) mass is 310 g/mol. The molecule has 0 aliphatic heterocycles. The number of aromatic nitrogens is 2. The molecule has 7 nitrogen and oxygen atoms in total. The molecule has 0 saturated heterocycles. The number of hydrogen-bond acceptors (Lipinski definition) is 4. The maximum Gasteiger partial charge on any atom is 0.279 e. The van der Waals surface area contributed by atoms with Crippen LogP contribution in [-0.2, 0) is 23.3 Å². The van der Waals surface area contributed by atoms with E-state index in [9.17, 15) is 8.42 Å². The zero-order valence-electron chi connectivity index (χ0n) is 11.9. The molecule has 2 N–H and O–H groups in total. The number of nitrogens with one attached hydrogen (secondary N) is 2. The number of H-pyrrole nitrogens is 1. The molecule has 2 rings (SSSR count). The van der Waals surface area contributed by atoms with E-state index >= 15 is 0 Å². The number of ether oxygens (including phenoxy) is 1. The average Bonchev–Trinajstić information content (AvgIpc) is 2.99. The number of imidazole rings is 1. The van der Waals surface area contributed by atoms with Gasteiger partial charge in [0, 0.05) is 26.0 Å². The van der Waals surface area contributed by atoms with Gasteiger partial charge >= 0.3 is 0 Å². The van der Waals surface area contributed by atoms with Crippen LogP contribution >= 0.6 is 0 Å². The lowest BCUT2D eigenvalue weighted by atomic mass is 10.2. The Labute approximate surface area is 124 Å². The van der Waals surface area contributed by atoms with E-state index < -0.39 is 10.2 Å². The summed E-state index contributed by atoms with van der Waals surface area (Å²) in [5.74, 6) is 1.26. The summed E-state index contributed by atoms with van der Waals surface area (Å²) in [4.78, 5) is 6.81. The minimum absolute atomic E-state index is 0.123. The molecule has 0 aliphatic rings. The molecular formula is C13H18N4O3S. The van der Waals surface area contributed by atoms with E-state index in [0.717, 1.165) is 5.56 Å². The Morgan fingerprint density at radius 3 is 2.90 bits per heavy atom. The number of hydrogen-bond donors (Lipinski definition) is 2. The SMILES string of the molecule is COc1cccc(CN(C)S(=O)(=O)NCc2ncc[nH]2)c1.